The topological polar surface area (TPSA) is 42.4 Å². The molecule has 4 heteroatoms. The fraction of sp³-hybridized carbons (Fsp3) is 0.0167. The third-order valence-corrected chi connectivity index (χ3v) is 12.6. The van der Waals surface area contributed by atoms with Gasteiger partial charge in [0.25, 0.3) is 0 Å². The van der Waals surface area contributed by atoms with Crippen molar-refractivity contribution in [2.45, 2.75) is 5.41 Å². The Morgan fingerprint density at radius 3 is 1.84 bits per heavy atom. The molecule has 300 valence electrons. The summed E-state index contributed by atoms with van der Waals surface area (Å²) in [6.45, 7) is 0. The molecule has 0 fully saturated rings. The van der Waals surface area contributed by atoms with E-state index in [4.69, 9.17) is 17.9 Å². The van der Waals surface area contributed by atoms with Crippen molar-refractivity contribution >= 4 is 60.9 Å². The Hall–Kier alpha value is -8.47. The van der Waals surface area contributed by atoms with Gasteiger partial charge in [0.2, 0.25) is 5.89 Å². The molecular formula is C60H38N2O2. The van der Waals surface area contributed by atoms with Crippen LogP contribution in [0, 0.1) is 0 Å². The lowest BCUT2D eigenvalue weighted by Crippen LogP contribution is -2.28. The van der Waals surface area contributed by atoms with Crippen molar-refractivity contribution in [3.05, 3.63) is 253 Å². The SMILES string of the molecule is [2H]c1c([2H])c([2H])c2c(c1[2H])c(-c1nc3ccccc3o1)c([2H])c1c2oc2c([2H])cc(N(c3ccc(-c4ccccc4)cc3)c3ccc4c(c3)C(c3ccccc3)(c3ccccc3)c3ccccc3-4)c([2H])c21. The van der Waals surface area contributed by atoms with Crippen LogP contribution in [0.2, 0.25) is 0 Å². The standard InChI is InChI=1S/C60H38N2O2/c1-4-16-39(17-5-1)40-28-30-43(31-29-40)62(45-32-34-48-47-23-12-13-25-53(47)60(54(48)37-45,41-18-6-2-7-19-41)42-20-8-3-9-21-42)44-33-35-56-50(36-44)51-38-52(46-22-10-11-24-49(46)58(51)63-56)59-61-55-26-14-15-27-57(55)64-59/h1-38H/i10D,11D,22D,24D,35D,36D,38D. The van der Waals surface area contributed by atoms with Gasteiger partial charge in [0.1, 0.15) is 16.7 Å². The minimum absolute atomic E-state index is 0.000477. The van der Waals surface area contributed by atoms with Gasteiger partial charge in [-0.1, -0.05) is 170 Å². The van der Waals surface area contributed by atoms with E-state index in [1.165, 1.54) is 0 Å². The van der Waals surface area contributed by atoms with Gasteiger partial charge in [-0.15, -0.1) is 0 Å². The Kier molecular flexibility index (Phi) is 6.64. The van der Waals surface area contributed by atoms with Crippen molar-refractivity contribution in [1.82, 2.24) is 4.98 Å². The van der Waals surface area contributed by atoms with Gasteiger partial charge < -0.3 is 13.7 Å². The highest BCUT2D eigenvalue weighted by molar-refractivity contribution is 6.19. The number of para-hydroxylation sites is 2. The predicted octanol–water partition coefficient (Wildman–Crippen LogP) is 16.0. The molecule has 1 aliphatic carbocycles. The van der Waals surface area contributed by atoms with E-state index in [1.807, 2.05) is 59.5 Å². The Labute approximate surface area is 379 Å². The zero-order valence-electron chi connectivity index (χ0n) is 41.1. The number of anilines is 3. The second-order valence-corrected chi connectivity index (χ2v) is 16.1. The molecule has 0 unspecified atom stereocenters. The number of oxazole rings is 1. The molecule has 64 heavy (non-hydrogen) atoms. The van der Waals surface area contributed by atoms with Crippen molar-refractivity contribution in [2.24, 2.45) is 0 Å². The first-order chi connectivity index (χ1) is 34.6. The lowest BCUT2D eigenvalue weighted by Gasteiger charge is -2.35. The van der Waals surface area contributed by atoms with Crippen LogP contribution >= 0.6 is 0 Å². The summed E-state index contributed by atoms with van der Waals surface area (Å²) in [5.41, 5.74) is 10.6. The van der Waals surface area contributed by atoms with E-state index in [2.05, 4.69) is 103 Å². The quantitative estimate of drug-likeness (QED) is 0.161. The first-order valence-electron chi connectivity index (χ1n) is 24.7. The fourth-order valence-electron chi connectivity index (χ4n) is 9.80. The number of nitrogens with zero attached hydrogens (tertiary/aromatic N) is 2. The zero-order valence-corrected chi connectivity index (χ0v) is 34.1. The monoisotopic (exact) mass is 825 g/mol. The summed E-state index contributed by atoms with van der Waals surface area (Å²) in [7, 11) is 0. The molecule has 0 bridgehead atoms. The van der Waals surface area contributed by atoms with E-state index < -0.39 is 23.5 Å². The van der Waals surface area contributed by atoms with Crippen LogP contribution < -0.4 is 4.90 Å². The number of hydrogen-bond acceptors (Lipinski definition) is 4. The molecule has 0 N–H and O–H groups in total. The van der Waals surface area contributed by atoms with Crippen LogP contribution in [0.25, 0.3) is 77.5 Å². The zero-order chi connectivity index (χ0) is 48.3. The molecule has 4 nitrogen and oxygen atoms in total. The average molecular weight is 826 g/mol. The van der Waals surface area contributed by atoms with E-state index in [9.17, 15) is 5.48 Å². The Morgan fingerprint density at radius 2 is 1.08 bits per heavy atom. The minimum atomic E-state index is -0.731. The highest BCUT2D eigenvalue weighted by atomic mass is 16.3. The molecule has 0 amide bonds. The average Bonchev–Trinajstić information content (AvgIpc) is 4.12. The summed E-state index contributed by atoms with van der Waals surface area (Å²) < 4.78 is 78.6. The van der Waals surface area contributed by atoms with E-state index >= 15 is 0 Å². The van der Waals surface area contributed by atoms with Gasteiger partial charge in [0, 0.05) is 38.8 Å². The number of hydrogen-bond donors (Lipinski definition) is 0. The highest BCUT2D eigenvalue weighted by Crippen LogP contribution is 2.57. The van der Waals surface area contributed by atoms with Gasteiger partial charge in [-0.05, 0) is 110 Å². The second-order valence-electron chi connectivity index (χ2n) is 16.1. The maximum Gasteiger partial charge on any atom is 0.227 e. The van der Waals surface area contributed by atoms with Gasteiger partial charge >= 0.3 is 0 Å². The van der Waals surface area contributed by atoms with Gasteiger partial charge in [-0.3, -0.25) is 0 Å². The van der Waals surface area contributed by atoms with Gasteiger partial charge in [0.15, 0.2) is 5.58 Å². The van der Waals surface area contributed by atoms with Gasteiger partial charge in [-0.2, -0.15) is 0 Å². The van der Waals surface area contributed by atoms with Crippen molar-refractivity contribution in [3.63, 3.8) is 0 Å². The van der Waals surface area contributed by atoms with E-state index in [0.29, 0.717) is 22.5 Å². The first kappa shape index (κ1) is 29.7. The third kappa shape index (κ3) is 5.46. The Morgan fingerprint density at radius 1 is 0.438 bits per heavy atom. The number of fused-ring (bicyclic) bond motifs is 9. The number of aromatic nitrogens is 1. The van der Waals surface area contributed by atoms with Crippen molar-refractivity contribution in [2.75, 3.05) is 4.90 Å². The molecule has 0 aliphatic heterocycles. The van der Waals surface area contributed by atoms with Crippen molar-refractivity contribution in [1.29, 1.82) is 0 Å². The fourth-order valence-corrected chi connectivity index (χ4v) is 9.80. The number of benzene rings is 10. The van der Waals surface area contributed by atoms with Crippen LogP contribution in [0.3, 0.4) is 0 Å². The van der Waals surface area contributed by atoms with Crippen LogP contribution in [0.15, 0.2) is 239 Å². The highest BCUT2D eigenvalue weighted by Gasteiger charge is 2.46. The summed E-state index contributed by atoms with van der Waals surface area (Å²) in [6.07, 6.45) is 0. The summed E-state index contributed by atoms with van der Waals surface area (Å²) in [4.78, 5) is 6.70. The molecule has 13 rings (SSSR count). The van der Waals surface area contributed by atoms with E-state index in [0.717, 1.165) is 50.2 Å². The van der Waals surface area contributed by atoms with Crippen LogP contribution in [-0.2, 0) is 5.41 Å². The van der Waals surface area contributed by atoms with E-state index in [-0.39, 0.29) is 68.3 Å². The molecule has 0 spiro atoms. The molecule has 0 radical (unpaired) electrons. The summed E-state index contributed by atoms with van der Waals surface area (Å²) in [5, 5.41) is 0.241. The third-order valence-electron chi connectivity index (χ3n) is 12.6. The van der Waals surface area contributed by atoms with Crippen LogP contribution in [0.5, 0.6) is 0 Å². The van der Waals surface area contributed by atoms with E-state index in [1.54, 1.807) is 30.3 Å². The van der Waals surface area contributed by atoms with Crippen molar-refractivity contribution < 1.29 is 18.4 Å². The molecule has 1 aliphatic rings. The van der Waals surface area contributed by atoms with Gasteiger partial charge in [-0.25, -0.2) is 4.98 Å². The van der Waals surface area contributed by atoms with Crippen LogP contribution in [0.4, 0.5) is 17.1 Å². The summed E-state index contributed by atoms with van der Waals surface area (Å²) in [5.74, 6) is -0.0177. The lowest BCUT2D eigenvalue weighted by molar-refractivity contribution is 0.620. The molecule has 2 heterocycles. The summed E-state index contributed by atoms with van der Waals surface area (Å²) >= 11 is 0. The maximum absolute atomic E-state index is 10.3. The number of rotatable bonds is 7. The maximum atomic E-state index is 10.3. The molecular weight excluding hydrogens is 781 g/mol. The Balaban J connectivity index is 1.12. The van der Waals surface area contributed by atoms with Crippen LogP contribution in [0.1, 0.15) is 31.8 Å². The predicted molar refractivity (Wildman–Crippen MR) is 262 cm³/mol. The van der Waals surface area contributed by atoms with Gasteiger partial charge in [0.05, 0.1) is 15.0 Å². The molecule has 10 aromatic carbocycles. The molecule has 12 aromatic rings. The molecule has 0 atom stereocenters. The largest absolute Gasteiger partial charge is 0.455 e. The molecule has 0 saturated carbocycles. The molecule has 0 saturated heterocycles. The van der Waals surface area contributed by atoms with Crippen LogP contribution in [-0.4, -0.2) is 4.98 Å². The molecule has 2 aromatic heterocycles. The van der Waals surface area contributed by atoms with Crippen molar-refractivity contribution in [3.8, 4) is 33.7 Å². The number of furan rings is 1. The smallest absolute Gasteiger partial charge is 0.227 e. The Bertz CT molecular complexity index is 4070. The first-order valence-corrected chi connectivity index (χ1v) is 21.2. The minimum Gasteiger partial charge on any atom is -0.455 e. The normalized spacial score (nSPS) is 14.3. The second kappa shape index (κ2) is 14.3. The summed E-state index contributed by atoms with van der Waals surface area (Å²) in [6, 6.07) is 60.8. The lowest BCUT2D eigenvalue weighted by atomic mass is 9.67.